The molecule has 0 aliphatic carbocycles. The molecule has 0 aliphatic rings. The van der Waals surface area contributed by atoms with E-state index in [1.54, 1.807) is 12.1 Å². The number of halogens is 1. The van der Waals surface area contributed by atoms with E-state index in [0.29, 0.717) is 19.0 Å². The molecular weight excluding hydrogens is 217 g/mol. The number of nitrogens with one attached hydrogen (secondary N) is 1. The lowest BCUT2D eigenvalue weighted by molar-refractivity contribution is 0.627. The van der Waals surface area contributed by atoms with Crippen LogP contribution in [-0.2, 0) is 6.42 Å². The minimum atomic E-state index is -0.218. The number of hydrogen-bond donors (Lipinski definition) is 2. The lowest BCUT2D eigenvalue weighted by Gasteiger charge is -2.05. The van der Waals surface area contributed by atoms with E-state index in [1.165, 1.54) is 12.1 Å². The van der Waals surface area contributed by atoms with Gasteiger partial charge in [-0.15, -0.1) is 0 Å². The monoisotopic (exact) mass is 235 g/mol. The fourth-order valence-electron chi connectivity index (χ4n) is 1.26. The molecule has 1 aromatic rings. The second-order valence-electron chi connectivity index (χ2n) is 3.96. The summed E-state index contributed by atoms with van der Waals surface area (Å²) in [6, 6.07) is 6.43. The summed E-state index contributed by atoms with van der Waals surface area (Å²) in [5, 5.41) is 2.99. The molecule has 3 nitrogen and oxygen atoms in total. The van der Waals surface area contributed by atoms with Crippen LogP contribution in [0, 0.1) is 5.82 Å². The molecule has 0 amide bonds. The summed E-state index contributed by atoms with van der Waals surface area (Å²) in [4.78, 5) is 4.09. The van der Waals surface area contributed by atoms with E-state index < -0.39 is 0 Å². The molecule has 0 spiro atoms. The summed E-state index contributed by atoms with van der Waals surface area (Å²) in [6.07, 6.45) is 0.781. The van der Waals surface area contributed by atoms with E-state index in [4.69, 9.17) is 5.73 Å². The molecule has 0 aromatic heterocycles. The summed E-state index contributed by atoms with van der Waals surface area (Å²) >= 11 is 0. The highest BCUT2D eigenvalue weighted by atomic mass is 19.1. The van der Waals surface area contributed by atoms with Crippen molar-refractivity contribution in [3.63, 3.8) is 0 Å². The minimum Gasteiger partial charge on any atom is -0.370 e. The van der Waals surface area contributed by atoms with Crippen LogP contribution in [0.25, 0.3) is 0 Å². The van der Waals surface area contributed by atoms with Crippen molar-refractivity contribution in [2.45, 2.75) is 13.3 Å². The molecule has 0 radical (unpaired) electrons. The van der Waals surface area contributed by atoms with Crippen LogP contribution in [0.4, 0.5) is 4.39 Å². The van der Waals surface area contributed by atoms with Crippen LogP contribution in [-0.4, -0.2) is 19.0 Å². The van der Waals surface area contributed by atoms with Gasteiger partial charge in [-0.05, 0) is 31.0 Å². The van der Waals surface area contributed by atoms with Crippen molar-refractivity contribution in [2.24, 2.45) is 10.7 Å². The number of rotatable bonds is 5. The van der Waals surface area contributed by atoms with Crippen molar-refractivity contribution in [1.29, 1.82) is 0 Å². The fourth-order valence-corrected chi connectivity index (χ4v) is 1.26. The number of aliphatic imine (C=N–C) groups is 1. The van der Waals surface area contributed by atoms with Crippen LogP contribution >= 0.6 is 0 Å². The topological polar surface area (TPSA) is 50.4 Å². The third kappa shape index (κ3) is 5.70. The quantitative estimate of drug-likeness (QED) is 0.465. The Hall–Kier alpha value is -1.84. The lowest BCUT2D eigenvalue weighted by Crippen LogP contribution is -2.33. The summed E-state index contributed by atoms with van der Waals surface area (Å²) in [7, 11) is 0. The number of nitrogens with two attached hydrogens (primary N) is 1. The second-order valence-corrected chi connectivity index (χ2v) is 3.96. The van der Waals surface area contributed by atoms with Crippen molar-refractivity contribution < 1.29 is 4.39 Å². The molecule has 0 saturated heterocycles. The van der Waals surface area contributed by atoms with E-state index in [1.807, 2.05) is 6.92 Å². The van der Waals surface area contributed by atoms with Gasteiger partial charge in [-0.1, -0.05) is 24.3 Å². The Balaban J connectivity index is 2.30. The maximum Gasteiger partial charge on any atom is 0.188 e. The average Bonchev–Trinajstić information content (AvgIpc) is 2.29. The highest BCUT2D eigenvalue weighted by Gasteiger charge is 1.95. The summed E-state index contributed by atoms with van der Waals surface area (Å²) in [5.74, 6) is 0.194. The maximum atomic E-state index is 12.7. The molecule has 0 unspecified atom stereocenters. The number of guanidine groups is 1. The normalized spacial score (nSPS) is 11.3. The van der Waals surface area contributed by atoms with Gasteiger partial charge in [0.2, 0.25) is 0 Å². The van der Waals surface area contributed by atoms with Crippen molar-refractivity contribution in [2.75, 3.05) is 13.1 Å². The van der Waals surface area contributed by atoms with Gasteiger partial charge in [0.25, 0.3) is 0 Å². The highest BCUT2D eigenvalue weighted by Crippen LogP contribution is 2.02. The first-order valence-electron chi connectivity index (χ1n) is 5.50. The lowest BCUT2D eigenvalue weighted by atomic mass is 10.1. The summed E-state index contributed by atoms with van der Waals surface area (Å²) < 4.78 is 12.7. The molecular formula is C13H18FN3. The van der Waals surface area contributed by atoms with Gasteiger partial charge in [-0.2, -0.15) is 0 Å². The van der Waals surface area contributed by atoms with Crippen molar-refractivity contribution in [1.82, 2.24) is 5.32 Å². The molecule has 0 fully saturated rings. The Morgan fingerprint density at radius 2 is 2.06 bits per heavy atom. The minimum absolute atomic E-state index is 0.218. The molecule has 92 valence electrons. The number of benzene rings is 1. The molecule has 4 heteroatoms. The smallest absolute Gasteiger partial charge is 0.188 e. The Bertz CT molecular complexity index is 396. The van der Waals surface area contributed by atoms with Gasteiger partial charge in [-0.3, -0.25) is 0 Å². The fraction of sp³-hybridized carbons (Fsp3) is 0.308. The Kier molecular flexibility index (Phi) is 5.20. The van der Waals surface area contributed by atoms with Gasteiger partial charge in [-0.25, -0.2) is 9.38 Å². The third-order valence-corrected chi connectivity index (χ3v) is 2.15. The highest BCUT2D eigenvalue weighted by molar-refractivity contribution is 5.77. The molecule has 1 aromatic carbocycles. The second kappa shape index (κ2) is 6.68. The molecule has 0 aliphatic heterocycles. The molecule has 3 N–H and O–H groups in total. The molecule has 0 bridgehead atoms. The third-order valence-electron chi connectivity index (χ3n) is 2.15. The van der Waals surface area contributed by atoms with Gasteiger partial charge in [0.1, 0.15) is 5.82 Å². The predicted octanol–water partition coefficient (Wildman–Crippen LogP) is 1.85. The largest absolute Gasteiger partial charge is 0.370 e. The van der Waals surface area contributed by atoms with Crippen molar-refractivity contribution in [3.8, 4) is 0 Å². The number of hydrogen-bond acceptors (Lipinski definition) is 1. The zero-order valence-electron chi connectivity index (χ0n) is 10.0. The van der Waals surface area contributed by atoms with Crippen LogP contribution < -0.4 is 11.1 Å². The number of nitrogens with zero attached hydrogens (tertiary/aromatic N) is 1. The first kappa shape index (κ1) is 13.2. The van der Waals surface area contributed by atoms with Gasteiger partial charge >= 0.3 is 0 Å². The van der Waals surface area contributed by atoms with E-state index in [0.717, 1.165) is 17.6 Å². The zero-order valence-corrected chi connectivity index (χ0v) is 10.0. The van der Waals surface area contributed by atoms with Crippen LogP contribution in [0.3, 0.4) is 0 Å². The SMILES string of the molecule is C=C(C)CN=C(N)NCCc1ccc(F)cc1. The van der Waals surface area contributed by atoms with E-state index in [9.17, 15) is 4.39 Å². The maximum absolute atomic E-state index is 12.7. The van der Waals surface area contributed by atoms with Gasteiger partial charge < -0.3 is 11.1 Å². The molecule has 0 atom stereocenters. The van der Waals surface area contributed by atoms with E-state index in [-0.39, 0.29) is 5.82 Å². The summed E-state index contributed by atoms with van der Waals surface area (Å²) in [6.45, 7) is 6.85. The van der Waals surface area contributed by atoms with Crippen LogP contribution in [0.5, 0.6) is 0 Å². The molecule has 0 heterocycles. The first-order valence-corrected chi connectivity index (χ1v) is 5.50. The first-order chi connectivity index (χ1) is 8.08. The van der Waals surface area contributed by atoms with Gasteiger partial charge in [0.15, 0.2) is 5.96 Å². The van der Waals surface area contributed by atoms with Crippen LogP contribution in [0.1, 0.15) is 12.5 Å². The molecule has 17 heavy (non-hydrogen) atoms. The Labute approximate surface area is 101 Å². The van der Waals surface area contributed by atoms with Gasteiger partial charge in [0, 0.05) is 6.54 Å². The Morgan fingerprint density at radius 1 is 1.41 bits per heavy atom. The van der Waals surface area contributed by atoms with Crippen molar-refractivity contribution >= 4 is 5.96 Å². The predicted molar refractivity (Wildman–Crippen MR) is 69.4 cm³/mol. The Morgan fingerprint density at radius 3 is 2.65 bits per heavy atom. The zero-order chi connectivity index (χ0) is 12.7. The van der Waals surface area contributed by atoms with E-state index in [2.05, 4.69) is 16.9 Å². The van der Waals surface area contributed by atoms with Crippen molar-refractivity contribution in [3.05, 3.63) is 47.8 Å². The summed E-state index contributed by atoms with van der Waals surface area (Å²) in [5.41, 5.74) is 7.68. The molecule has 1 rings (SSSR count). The van der Waals surface area contributed by atoms with Gasteiger partial charge in [0.05, 0.1) is 6.54 Å². The van der Waals surface area contributed by atoms with E-state index >= 15 is 0 Å². The molecule has 0 saturated carbocycles. The van der Waals surface area contributed by atoms with Crippen LogP contribution in [0.15, 0.2) is 41.4 Å². The average molecular weight is 235 g/mol. The standard InChI is InChI=1S/C13H18FN3/c1-10(2)9-17-13(15)16-8-7-11-3-5-12(14)6-4-11/h3-6H,1,7-9H2,2H3,(H3,15,16,17). The van der Waals surface area contributed by atoms with Crippen LogP contribution in [0.2, 0.25) is 0 Å².